The van der Waals surface area contributed by atoms with Gasteiger partial charge in [0.1, 0.15) is 0 Å². The van der Waals surface area contributed by atoms with Crippen molar-refractivity contribution in [3.63, 3.8) is 0 Å². The van der Waals surface area contributed by atoms with Gasteiger partial charge in [0.2, 0.25) is 5.91 Å². The van der Waals surface area contributed by atoms with E-state index < -0.39 is 0 Å². The predicted molar refractivity (Wildman–Crippen MR) is 49.8 cm³/mol. The Bertz CT molecular complexity index is 167. The van der Waals surface area contributed by atoms with Gasteiger partial charge in [-0.25, -0.2) is 0 Å². The average molecular weight is 169 g/mol. The molecule has 0 saturated heterocycles. The topological polar surface area (TPSA) is 20.3 Å². The predicted octanol–water partition coefficient (Wildman–Crippen LogP) is 1.90. The van der Waals surface area contributed by atoms with E-state index in [-0.39, 0.29) is 0 Å². The van der Waals surface area contributed by atoms with Gasteiger partial charge in [0.25, 0.3) is 0 Å². The summed E-state index contributed by atoms with van der Waals surface area (Å²) in [5.74, 6) is 1.27. The molecule has 2 atom stereocenters. The number of hydrogen-bond donors (Lipinski definition) is 0. The van der Waals surface area contributed by atoms with E-state index in [9.17, 15) is 4.79 Å². The highest BCUT2D eigenvalue weighted by Crippen LogP contribution is 2.32. The van der Waals surface area contributed by atoms with Gasteiger partial charge >= 0.3 is 0 Å². The van der Waals surface area contributed by atoms with Crippen molar-refractivity contribution in [1.29, 1.82) is 0 Å². The number of hydrogen-bond acceptors (Lipinski definition) is 1. The van der Waals surface area contributed by atoms with Crippen LogP contribution in [0.4, 0.5) is 0 Å². The highest BCUT2D eigenvalue weighted by molar-refractivity contribution is 5.79. The van der Waals surface area contributed by atoms with Crippen molar-refractivity contribution in [1.82, 2.24) is 4.90 Å². The quantitative estimate of drug-likeness (QED) is 0.618. The first kappa shape index (κ1) is 9.56. The van der Waals surface area contributed by atoms with Crippen LogP contribution in [0.3, 0.4) is 0 Å². The molecule has 0 spiro atoms. The third-order valence-electron chi connectivity index (χ3n) is 3.03. The summed E-state index contributed by atoms with van der Waals surface area (Å²) in [7, 11) is 1.90. The summed E-state index contributed by atoms with van der Waals surface area (Å²) in [6.07, 6.45) is 3.56. The van der Waals surface area contributed by atoms with Gasteiger partial charge in [-0.2, -0.15) is 0 Å². The molecule has 1 fully saturated rings. The van der Waals surface area contributed by atoms with Crippen LogP contribution in [0.25, 0.3) is 0 Å². The maximum absolute atomic E-state index is 11.7. The molecule has 12 heavy (non-hydrogen) atoms. The smallest absolute Gasteiger partial charge is 0.225 e. The minimum atomic E-state index is 0.315. The van der Waals surface area contributed by atoms with E-state index in [1.807, 2.05) is 18.9 Å². The second-order valence-electron chi connectivity index (χ2n) is 3.87. The minimum absolute atomic E-state index is 0.315. The van der Waals surface area contributed by atoms with E-state index in [1.54, 1.807) is 0 Å². The first-order valence-electron chi connectivity index (χ1n) is 4.91. The van der Waals surface area contributed by atoms with Crippen LogP contribution in [0.15, 0.2) is 0 Å². The molecule has 0 radical (unpaired) electrons. The molecule has 0 aromatic rings. The molecule has 0 N–H and O–H groups in total. The highest BCUT2D eigenvalue weighted by atomic mass is 16.2. The summed E-state index contributed by atoms with van der Waals surface area (Å²) >= 11 is 0. The van der Waals surface area contributed by atoms with Crippen LogP contribution in [0, 0.1) is 11.8 Å². The summed E-state index contributed by atoms with van der Waals surface area (Å²) in [4.78, 5) is 13.6. The number of carbonyl (C=O) groups excluding carboxylic acids is 1. The Morgan fingerprint density at radius 3 is 2.58 bits per heavy atom. The molecule has 70 valence electrons. The Balaban J connectivity index is 2.51. The van der Waals surface area contributed by atoms with Crippen LogP contribution in [-0.2, 0) is 4.79 Å². The zero-order valence-electron chi connectivity index (χ0n) is 8.34. The monoisotopic (exact) mass is 169 g/mol. The fraction of sp³-hybridized carbons (Fsp3) is 0.900. The van der Waals surface area contributed by atoms with Crippen molar-refractivity contribution >= 4 is 5.91 Å². The van der Waals surface area contributed by atoms with Crippen molar-refractivity contribution < 1.29 is 4.79 Å². The molecular formula is C10H19NO. The van der Waals surface area contributed by atoms with Gasteiger partial charge in [0.05, 0.1) is 0 Å². The normalized spacial score (nSPS) is 28.9. The zero-order valence-corrected chi connectivity index (χ0v) is 8.34. The maximum atomic E-state index is 11.7. The summed E-state index contributed by atoms with van der Waals surface area (Å²) in [5.41, 5.74) is 0. The summed E-state index contributed by atoms with van der Waals surface area (Å²) < 4.78 is 0. The Morgan fingerprint density at radius 2 is 2.17 bits per heavy atom. The summed E-state index contributed by atoms with van der Waals surface area (Å²) in [6, 6.07) is 0. The molecule has 2 nitrogen and oxygen atoms in total. The number of amides is 1. The van der Waals surface area contributed by atoms with Crippen molar-refractivity contribution in [3.05, 3.63) is 0 Å². The fourth-order valence-corrected chi connectivity index (χ4v) is 1.95. The SMILES string of the molecule is CCN(C)C(=O)C1CCCC1C. The minimum Gasteiger partial charge on any atom is -0.346 e. The second-order valence-corrected chi connectivity index (χ2v) is 3.87. The lowest BCUT2D eigenvalue weighted by molar-refractivity contribution is -0.134. The van der Waals surface area contributed by atoms with Crippen molar-refractivity contribution in [2.75, 3.05) is 13.6 Å². The van der Waals surface area contributed by atoms with Crippen LogP contribution in [-0.4, -0.2) is 24.4 Å². The average Bonchev–Trinajstić information content (AvgIpc) is 2.48. The van der Waals surface area contributed by atoms with Gasteiger partial charge in [-0.3, -0.25) is 4.79 Å². The Labute approximate surface area is 74.9 Å². The van der Waals surface area contributed by atoms with Gasteiger partial charge in [-0.15, -0.1) is 0 Å². The molecule has 1 aliphatic rings. The number of rotatable bonds is 2. The first-order chi connectivity index (χ1) is 5.66. The Morgan fingerprint density at radius 1 is 1.50 bits per heavy atom. The molecule has 1 amide bonds. The van der Waals surface area contributed by atoms with Gasteiger partial charge in [0.15, 0.2) is 0 Å². The molecule has 1 rings (SSSR count). The molecule has 2 unspecified atom stereocenters. The van der Waals surface area contributed by atoms with Crippen molar-refractivity contribution in [2.24, 2.45) is 11.8 Å². The van der Waals surface area contributed by atoms with Crippen LogP contribution >= 0.6 is 0 Å². The molecule has 0 bridgehead atoms. The third kappa shape index (κ3) is 1.79. The molecule has 0 aliphatic heterocycles. The van der Waals surface area contributed by atoms with E-state index in [1.165, 1.54) is 12.8 Å². The lowest BCUT2D eigenvalue weighted by Crippen LogP contribution is -2.33. The van der Waals surface area contributed by atoms with E-state index in [2.05, 4.69) is 6.92 Å². The standard InChI is InChI=1S/C10H19NO/c1-4-11(3)10(12)9-7-5-6-8(9)2/h8-9H,4-7H2,1-3H3. The van der Waals surface area contributed by atoms with Crippen LogP contribution < -0.4 is 0 Å². The fourth-order valence-electron chi connectivity index (χ4n) is 1.95. The lowest BCUT2D eigenvalue weighted by Gasteiger charge is -2.21. The first-order valence-corrected chi connectivity index (χ1v) is 4.91. The number of carbonyl (C=O) groups is 1. The molecule has 0 aromatic carbocycles. The van der Waals surface area contributed by atoms with E-state index >= 15 is 0 Å². The van der Waals surface area contributed by atoms with Gasteiger partial charge in [-0.1, -0.05) is 13.3 Å². The largest absolute Gasteiger partial charge is 0.346 e. The zero-order chi connectivity index (χ0) is 9.14. The summed E-state index contributed by atoms with van der Waals surface area (Å²) in [6.45, 7) is 5.05. The van der Waals surface area contributed by atoms with Gasteiger partial charge < -0.3 is 4.90 Å². The molecule has 2 heteroatoms. The van der Waals surface area contributed by atoms with Crippen LogP contribution in [0.1, 0.15) is 33.1 Å². The maximum Gasteiger partial charge on any atom is 0.225 e. The highest BCUT2D eigenvalue weighted by Gasteiger charge is 2.30. The van der Waals surface area contributed by atoms with Crippen LogP contribution in [0.5, 0.6) is 0 Å². The second kappa shape index (κ2) is 3.92. The van der Waals surface area contributed by atoms with Crippen molar-refractivity contribution in [2.45, 2.75) is 33.1 Å². The Kier molecular flexibility index (Phi) is 3.12. The molecule has 1 saturated carbocycles. The molecule has 1 aliphatic carbocycles. The van der Waals surface area contributed by atoms with E-state index in [0.29, 0.717) is 17.7 Å². The molecular weight excluding hydrogens is 150 g/mol. The lowest BCUT2D eigenvalue weighted by atomic mass is 9.97. The van der Waals surface area contributed by atoms with E-state index in [4.69, 9.17) is 0 Å². The molecule has 0 heterocycles. The summed E-state index contributed by atoms with van der Waals surface area (Å²) in [5, 5.41) is 0. The number of nitrogens with zero attached hydrogens (tertiary/aromatic N) is 1. The van der Waals surface area contributed by atoms with E-state index in [0.717, 1.165) is 13.0 Å². The van der Waals surface area contributed by atoms with Crippen molar-refractivity contribution in [3.8, 4) is 0 Å². The van der Waals surface area contributed by atoms with Crippen LogP contribution in [0.2, 0.25) is 0 Å². The molecule has 0 aromatic heterocycles. The Hall–Kier alpha value is -0.530. The van der Waals surface area contributed by atoms with Gasteiger partial charge in [-0.05, 0) is 25.7 Å². The third-order valence-corrected chi connectivity index (χ3v) is 3.03. The van der Waals surface area contributed by atoms with Gasteiger partial charge in [0, 0.05) is 19.5 Å².